The number of halogens is 3. The van der Waals surface area contributed by atoms with Gasteiger partial charge in [-0.05, 0) is 51.9 Å². The Bertz CT molecular complexity index is 1550. The maximum Gasteiger partial charge on any atom is 0.416 e. The molecule has 0 fully saturated rings. The molecular formula is C28H19F3O3. The zero-order valence-corrected chi connectivity index (χ0v) is 18.0. The van der Waals surface area contributed by atoms with Crippen LogP contribution >= 0.6 is 0 Å². The topological polar surface area (TPSA) is 49.7 Å². The molecular weight excluding hydrogens is 441 g/mol. The van der Waals surface area contributed by atoms with Gasteiger partial charge in [-0.2, -0.15) is 13.2 Å². The zero-order valence-electron chi connectivity index (χ0n) is 18.0. The van der Waals surface area contributed by atoms with Crippen molar-refractivity contribution < 1.29 is 28.1 Å². The standard InChI is InChI=1S/C28H19F3O3/c1-34-24-13-11-18(28(29,30)31)15-21(24)22-14-17-7-3-5-9-20(17)26(27(22)33)25-19-8-4-2-6-16(19)10-12-23(25)32/h2-15,32-33H,1H3. The predicted octanol–water partition coefficient (Wildman–Crippen LogP) is 7.77. The van der Waals surface area contributed by atoms with E-state index in [1.54, 1.807) is 36.4 Å². The van der Waals surface area contributed by atoms with Crippen LogP contribution in [-0.2, 0) is 6.18 Å². The van der Waals surface area contributed by atoms with E-state index in [-0.39, 0.29) is 28.4 Å². The molecule has 0 spiro atoms. The van der Waals surface area contributed by atoms with Crippen LogP contribution in [0.2, 0.25) is 0 Å². The van der Waals surface area contributed by atoms with Gasteiger partial charge in [0, 0.05) is 22.3 Å². The molecule has 0 aliphatic rings. The summed E-state index contributed by atoms with van der Waals surface area (Å²) < 4.78 is 45.9. The first-order valence-electron chi connectivity index (χ1n) is 10.5. The van der Waals surface area contributed by atoms with Crippen molar-refractivity contribution in [1.82, 2.24) is 0 Å². The van der Waals surface area contributed by atoms with Gasteiger partial charge in [-0.25, -0.2) is 0 Å². The molecule has 5 aromatic rings. The van der Waals surface area contributed by atoms with Crippen molar-refractivity contribution in [2.75, 3.05) is 7.11 Å². The molecule has 0 aliphatic heterocycles. The predicted molar refractivity (Wildman–Crippen MR) is 127 cm³/mol. The van der Waals surface area contributed by atoms with Crippen molar-refractivity contribution >= 4 is 21.5 Å². The molecule has 170 valence electrons. The fourth-order valence-electron chi connectivity index (χ4n) is 4.41. The lowest BCUT2D eigenvalue weighted by molar-refractivity contribution is -0.137. The minimum atomic E-state index is -4.57. The highest BCUT2D eigenvalue weighted by atomic mass is 19.4. The fourth-order valence-corrected chi connectivity index (χ4v) is 4.41. The van der Waals surface area contributed by atoms with Gasteiger partial charge in [0.2, 0.25) is 0 Å². The number of alkyl halides is 3. The summed E-state index contributed by atoms with van der Waals surface area (Å²) in [6, 6.07) is 22.7. The van der Waals surface area contributed by atoms with Gasteiger partial charge in [-0.15, -0.1) is 0 Å². The van der Waals surface area contributed by atoms with Crippen LogP contribution in [0, 0.1) is 0 Å². The Kier molecular flexibility index (Phi) is 5.09. The Morgan fingerprint density at radius 2 is 1.32 bits per heavy atom. The average Bonchev–Trinajstić information content (AvgIpc) is 2.83. The molecule has 0 amide bonds. The largest absolute Gasteiger partial charge is 0.507 e. The molecule has 0 aromatic heterocycles. The second-order valence-electron chi connectivity index (χ2n) is 7.96. The molecule has 0 saturated carbocycles. The van der Waals surface area contributed by atoms with Crippen LogP contribution < -0.4 is 4.74 Å². The zero-order chi connectivity index (χ0) is 24.0. The van der Waals surface area contributed by atoms with Crippen molar-refractivity contribution in [3.05, 3.63) is 90.5 Å². The Morgan fingerprint density at radius 3 is 2.00 bits per heavy atom. The van der Waals surface area contributed by atoms with Gasteiger partial charge in [0.1, 0.15) is 17.2 Å². The first-order chi connectivity index (χ1) is 16.3. The first-order valence-corrected chi connectivity index (χ1v) is 10.5. The van der Waals surface area contributed by atoms with Gasteiger partial charge in [0.25, 0.3) is 0 Å². The molecule has 0 radical (unpaired) electrons. The fraction of sp³-hybridized carbons (Fsp3) is 0.0714. The van der Waals surface area contributed by atoms with E-state index in [1.165, 1.54) is 13.2 Å². The first kappa shape index (κ1) is 21.6. The third kappa shape index (κ3) is 3.48. The quantitative estimate of drug-likeness (QED) is 0.289. The molecule has 2 N–H and O–H groups in total. The van der Waals surface area contributed by atoms with Crippen LogP contribution in [0.4, 0.5) is 13.2 Å². The molecule has 0 heterocycles. The SMILES string of the molecule is COc1ccc(C(F)(F)F)cc1-c1cc2ccccc2c(-c2c(O)ccc3ccccc23)c1O. The number of methoxy groups -OCH3 is 1. The molecule has 0 bridgehead atoms. The minimum Gasteiger partial charge on any atom is -0.507 e. The van der Waals surface area contributed by atoms with Crippen molar-refractivity contribution in [3.63, 3.8) is 0 Å². The average molecular weight is 460 g/mol. The summed E-state index contributed by atoms with van der Waals surface area (Å²) in [5, 5.41) is 25.3. The van der Waals surface area contributed by atoms with E-state index in [0.717, 1.165) is 17.5 Å². The summed E-state index contributed by atoms with van der Waals surface area (Å²) in [5.74, 6) is -0.109. The van der Waals surface area contributed by atoms with Crippen LogP contribution in [0.15, 0.2) is 84.9 Å². The lowest BCUT2D eigenvalue weighted by atomic mass is 9.88. The third-order valence-electron chi connectivity index (χ3n) is 6.00. The van der Waals surface area contributed by atoms with Gasteiger partial charge in [0.05, 0.1) is 12.7 Å². The number of hydrogen-bond acceptors (Lipinski definition) is 3. The van der Waals surface area contributed by atoms with E-state index in [1.807, 2.05) is 30.3 Å². The normalized spacial score (nSPS) is 11.8. The Labute approximate surface area is 193 Å². The van der Waals surface area contributed by atoms with Crippen molar-refractivity contribution in [2.24, 2.45) is 0 Å². The second kappa shape index (κ2) is 7.99. The van der Waals surface area contributed by atoms with Gasteiger partial charge < -0.3 is 14.9 Å². The van der Waals surface area contributed by atoms with Crippen LogP contribution in [0.5, 0.6) is 17.2 Å². The Hall–Kier alpha value is -4.19. The Morgan fingerprint density at radius 1 is 0.676 bits per heavy atom. The molecule has 5 aromatic carbocycles. The number of phenols is 2. The number of aromatic hydroxyl groups is 2. The van der Waals surface area contributed by atoms with E-state index >= 15 is 0 Å². The number of rotatable bonds is 3. The van der Waals surface area contributed by atoms with E-state index < -0.39 is 11.7 Å². The summed E-state index contributed by atoms with van der Waals surface area (Å²) in [4.78, 5) is 0. The van der Waals surface area contributed by atoms with Gasteiger partial charge >= 0.3 is 6.18 Å². The smallest absolute Gasteiger partial charge is 0.416 e. The number of benzene rings is 5. The van der Waals surface area contributed by atoms with Crippen LogP contribution in [0.25, 0.3) is 43.8 Å². The monoisotopic (exact) mass is 460 g/mol. The van der Waals surface area contributed by atoms with Crippen molar-refractivity contribution in [3.8, 4) is 39.5 Å². The summed E-state index contributed by atoms with van der Waals surface area (Å²) in [7, 11) is 1.36. The van der Waals surface area contributed by atoms with Crippen molar-refractivity contribution in [1.29, 1.82) is 0 Å². The maximum atomic E-state index is 13.5. The van der Waals surface area contributed by atoms with E-state index in [4.69, 9.17) is 4.74 Å². The molecule has 5 rings (SSSR count). The molecule has 0 aliphatic carbocycles. The van der Waals surface area contributed by atoms with Crippen LogP contribution in [-0.4, -0.2) is 17.3 Å². The highest BCUT2D eigenvalue weighted by Gasteiger charge is 2.32. The molecule has 6 heteroatoms. The van der Waals surface area contributed by atoms with Crippen LogP contribution in [0.1, 0.15) is 5.56 Å². The number of phenolic OH excluding ortho intramolecular Hbond substituents is 2. The van der Waals surface area contributed by atoms with Gasteiger partial charge in [-0.1, -0.05) is 54.6 Å². The lowest BCUT2D eigenvalue weighted by Crippen LogP contribution is -2.05. The van der Waals surface area contributed by atoms with E-state index in [2.05, 4.69) is 0 Å². The minimum absolute atomic E-state index is 0.0488. The summed E-state index contributed by atoms with van der Waals surface area (Å²) in [5.41, 5.74) is 0.150. The van der Waals surface area contributed by atoms with Gasteiger partial charge in [0.15, 0.2) is 0 Å². The third-order valence-corrected chi connectivity index (χ3v) is 6.00. The highest BCUT2D eigenvalue weighted by molar-refractivity contribution is 6.12. The number of fused-ring (bicyclic) bond motifs is 2. The van der Waals surface area contributed by atoms with Crippen LogP contribution in [0.3, 0.4) is 0 Å². The van der Waals surface area contributed by atoms with E-state index in [0.29, 0.717) is 27.3 Å². The second-order valence-corrected chi connectivity index (χ2v) is 7.96. The Balaban J connectivity index is 1.92. The molecule has 0 atom stereocenters. The summed E-state index contributed by atoms with van der Waals surface area (Å²) in [6.45, 7) is 0. The summed E-state index contributed by atoms with van der Waals surface area (Å²) in [6.07, 6.45) is -4.57. The van der Waals surface area contributed by atoms with Gasteiger partial charge in [-0.3, -0.25) is 0 Å². The maximum absolute atomic E-state index is 13.5. The highest BCUT2D eigenvalue weighted by Crippen LogP contribution is 2.50. The molecule has 0 unspecified atom stereocenters. The summed E-state index contributed by atoms with van der Waals surface area (Å²) >= 11 is 0. The molecule has 0 saturated heterocycles. The van der Waals surface area contributed by atoms with Crippen molar-refractivity contribution in [2.45, 2.75) is 6.18 Å². The number of hydrogen-bond donors (Lipinski definition) is 2. The molecule has 34 heavy (non-hydrogen) atoms. The number of ether oxygens (including phenoxy) is 1. The lowest BCUT2D eigenvalue weighted by Gasteiger charge is -2.19. The molecule has 3 nitrogen and oxygen atoms in total. The van der Waals surface area contributed by atoms with E-state index in [9.17, 15) is 23.4 Å².